The third kappa shape index (κ3) is 2.75. The highest BCUT2D eigenvalue weighted by atomic mass is 15.3. The summed E-state index contributed by atoms with van der Waals surface area (Å²) in [7, 11) is 0. The summed E-state index contributed by atoms with van der Waals surface area (Å²) in [4.78, 5) is 0. The molecule has 1 fully saturated rings. The predicted molar refractivity (Wildman–Crippen MR) is 85.3 cm³/mol. The zero-order chi connectivity index (χ0) is 14.9. The highest BCUT2D eigenvalue weighted by Crippen LogP contribution is 2.45. The van der Waals surface area contributed by atoms with Crippen LogP contribution in [0.25, 0.3) is 0 Å². The summed E-state index contributed by atoms with van der Waals surface area (Å²) in [5, 5.41) is 12.9. The second-order valence-corrected chi connectivity index (χ2v) is 7.41. The van der Waals surface area contributed by atoms with Gasteiger partial charge in [0.05, 0.1) is 6.04 Å². The lowest BCUT2D eigenvalue weighted by atomic mass is 9.77. The molecule has 1 N–H and O–H groups in total. The van der Waals surface area contributed by atoms with Gasteiger partial charge in [-0.15, -0.1) is 10.2 Å². The largest absolute Gasteiger partial charge is 0.312 e. The van der Waals surface area contributed by atoms with E-state index in [1.165, 1.54) is 50.2 Å². The van der Waals surface area contributed by atoms with E-state index in [-0.39, 0.29) is 0 Å². The summed E-state index contributed by atoms with van der Waals surface area (Å²) < 4.78 is 2.46. The lowest BCUT2D eigenvalue weighted by Crippen LogP contribution is -2.37. The summed E-state index contributed by atoms with van der Waals surface area (Å²) in [5.41, 5.74) is 0.299. The van der Waals surface area contributed by atoms with Crippen LogP contribution >= 0.6 is 0 Å². The zero-order valence-corrected chi connectivity index (χ0v) is 13.9. The van der Waals surface area contributed by atoms with Gasteiger partial charge in [0.2, 0.25) is 0 Å². The van der Waals surface area contributed by atoms with Crippen LogP contribution in [0.1, 0.15) is 83.4 Å². The van der Waals surface area contributed by atoms with Gasteiger partial charge in [-0.3, -0.25) is 0 Å². The van der Waals surface area contributed by atoms with Crippen LogP contribution in [0.5, 0.6) is 0 Å². The Hall–Kier alpha value is -0.900. The minimum absolute atomic E-state index is 0.299. The number of nitrogens with zero attached hydrogens (tertiary/aromatic N) is 3. The van der Waals surface area contributed by atoms with Crippen molar-refractivity contribution < 1.29 is 0 Å². The molecular formula is C17H30N4. The summed E-state index contributed by atoms with van der Waals surface area (Å²) in [6, 6.07) is 0.405. The number of fused-ring (bicyclic) bond motifs is 1. The fourth-order valence-electron chi connectivity index (χ4n) is 4.50. The third-order valence-corrected chi connectivity index (χ3v) is 5.23. The topological polar surface area (TPSA) is 42.7 Å². The predicted octanol–water partition coefficient (Wildman–Crippen LogP) is 3.58. The van der Waals surface area contributed by atoms with E-state index < -0.39 is 0 Å². The zero-order valence-electron chi connectivity index (χ0n) is 13.9. The molecule has 2 aliphatic rings. The first-order valence-corrected chi connectivity index (χ1v) is 8.83. The molecule has 1 saturated carbocycles. The Morgan fingerprint density at radius 3 is 2.71 bits per heavy atom. The first-order chi connectivity index (χ1) is 10.2. The maximum Gasteiger partial charge on any atom is 0.150 e. The summed E-state index contributed by atoms with van der Waals surface area (Å²) in [6.07, 6.45) is 8.92. The maximum absolute atomic E-state index is 4.71. The summed E-state index contributed by atoms with van der Waals surface area (Å²) in [5.74, 6) is 3.21. The Morgan fingerprint density at radius 1 is 1.29 bits per heavy atom. The Kier molecular flexibility index (Phi) is 4.34. The van der Waals surface area contributed by atoms with Crippen molar-refractivity contribution in [2.45, 2.75) is 83.7 Å². The molecule has 0 aromatic carbocycles. The molecule has 1 aliphatic heterocycles. The van der Waals surface area contributed by atoms with Crippen molar-refractivity contribution in [1.29, 1.82) is 0 Å². The number of hydrogen-bond donors (Lipinski definition) is 1. The van der Waals surface area contributed by atoms with Crippen molar-refractivity contribution in [3.63, 3.8) is 0 Å². The standard InChI is InChI=1S/C17H30N4/c1-4-7-14-15-19-20-16(21(15)11-10-18-14)17(12-13(2)3)8-5-6-9-17/h13-14,18H,4-12H2,1-3H3. The highest BCUT2D eigenvalue weighted by molar-refractivity contribution is 5.16. The molecule has 0 bridgehead atoms. The average Bonchev–Trinajstić information content (AvgIpc) is 3.06. The minimum Gasteiger partial charge on any atom is -0.312 e. The van der Waals surface area contributed by atoms with Crippen molar-refractivity contribution in [2.24, 2.45) is 5.92 Å². The molecule has 1 unspecified atom stereocenters. The van der Waals surface area contributed by atoms with Gasteiger partial charge in [-0.1, -0.05) is 40.0 Å². The van der Waals surface area contributed by atoms with E-state index in [9.17, 15) is 0 Å². The van der Waals surface area contributed by atoms with Gasteiger partial charge < -0.3 is 9.88 Å². The molecule has 1 aromatic heterocycles. The molecule has 4 heteroatoms. The van der Waals surface area contributed by atoms with Crippen LogP contribution in [0.15, 0.2) is 0 Å². The van der Waals surface area contributed by atoms with E-state index in [0.29, 0.717) is 11.5 Å². The molecule has 0 radical (unpaired) electrons. The van der Waals surface area contributed by atoms with Gasteiger partial charge in [0.25, 0.3) is 0 Å². The monoisotopic (exact) mass is 290 g/mol. The summed E-state index contributed by atoms with van der Waals surface area (Å²) in [6.45, 7) is 9.03. The van der Waals surface area contributed by atoms with Gasteiger partial charge in [-0.25, -0.2) is 0 Å². The van der Waals surface area contributed by atoms with Crippen molar-refractivity contribution in [1.82, 2.24) is 20.1 Å². The second kappa shape index (κ2) is 6.07. The lowest BCUT2D eigenvalue weighted by molar-refractivity contribution is 0.303. The third-order valence-electron chi connectivity index (χ3n) is 5.23. The van der Waals surface area contributed by atoms with Crippen LogP contribution < -0.4 is 5.32 Å². The quantitative estimate of drug-likeness (QED) is 0.901. The lowest BCUT2D eigenvalue weighted by Gasteiger charge is -2.33. The van der Waals surface area contributed by atoms with E-state index in [0.717, 1.165) is 25.4 Å². The van der Waals surface area contributed by atoms with Crippen LogP contribution in [-0.2, 0) is 12.0 Å². The van der Waals surface area contributed by atoms with E-state index in [1.807, 2.05) is 0 Å². The number of aromatic nitrogens is 3. The van der Waals surface area contributed by atoms with E-state index in [1.54, 1.807) is 0 Å². The SMILES string of the molecule is CCCC1NCCn2c1nnc2C1(CC(C)C)CCCC1. The smallest absolute Gasteiger partial charge is 0.150 e. The van der Waals surface area contributed by atoms with Crippen molar-refractivity contribution in [3.05, 3.63) is 11.6 Å². The van der Waals surface area contributed by atoms with Crippen LogP contribution in [0.3, 0.4) is 0 Å². The molecule has 1 aromatic rings. The van der Waals surface area contributed by atoms with Gasteiger partial charge in [-0.05, 0) is 31.6 Å². The Labute approximate surface area is 128 Å². The van der Waals surface area contributed by atoms with Crippen LogP contribution in [-0.4, -0.2) is 21.3 Å². The minimum atomic E-state index is 0.299. The number of rotatable bonds is 5. The first-order valence-electron chi connectivity index (χ1n) is 8.83. The van der Waals surface area contributed by atoms with Crippen molar-refractivity contribution in [2.75, 3.05) is 6.54 Å². The van der Waals surface area contributed by atoms with Crippen LogP contribution in [0.4, 0.5) is 0 Å². The Morgan fingerprint density at radius 2 is 2.05 bits per heavy atom. The molecule has 0 saturated heterocycles. The molecule has 118 valence electrons. The van der Waals surface area contributed by atoms with Gasteiger partial charge in [0, 0.05) is 18.5 Å². The first kappa shape index (κ1) is 15.0. The molecule has 2 heterocycles. The Balaban J connectivity index is 1.95. The fourth-order valence-corrected chi connectivity index (χ4v) is 4.50. The molecule has 4 nitrogen and oxygen atoms in total. The average molecular weight is 290 g/mol. The Bertz CT molecular complexity index is 471. The van der Waals surface area contributed by atoms with Gasteiger partial charge in [0.1, 0.15) is 11.6 Å². The molecular weight excluding hydrogens is 260 g/mol. The molecule has 0 amide bonds. The van der Waals surface area contributed by atoms with Gasteiger partial charge in [-0.2, -0.15) is 0 Å². The summed E-state index contributed by atoms with van der Waals surface area (Å²) >= 11 is 0. The highest BCUT2D eigenvalue weighted by Gasteiger charge is 2.41. The molecule has 1 aliphatic carbocycles. The molecule has 3 rings (SSSR count). The second-order valence-electron chi connectivity index (χ2n) is 7.41. The van der Waals surface area contributed by atoms with E-state index in [4.69, 9.17) is 5.10 Å². The van der Waals surface area contributed by atoms with E-state index in [2.05, 4.69) is 35.8 Å². The van der Waals surface area contributed by atoms with Gasteiger partial charge >= 0.3 is 0 Å². The molecule has 1 atom stereocenters. The van der Waals surface area contributed by atoms with E-state index >= 15 is 0 Å². The fraction of sp³-hybridized carbons (Fsp3) is 0.882. The molecule has 0 spiro atoms. The maximum atomic E-state index is 4.71. The van der Waals surface area contributed by atoms with Crippen molar-refractivity contribution >= 4 is 0 Å². The van der Waals surface area contributed by atoms with Gasteiger partial charge in [0.15, 0.2) is 0 Å². The van der Waals surface area contributed by atoms with Crippen LogP contribution in [0.2, 0.25) is 0 Å². The van der Waals surface area contributed by atoms with Crippen LogP contribution in [0, 0.1) is 5.92 Å². The normalized spacial score (nSPS) is 24.5. The van der Waals surface area contributed by atoms with Crippen molar-refractivity contribution in [3.8, 4) is 0 Å². The number of hydrogen-bond acceptors (Lipinski definition) is 3. The number of nitrogens with one attached hydrogen (secondary N) is 1. The molecule has 21 heavy (non-hydrogen) atoms.